The fraction of sp³-hybridized carbons (Fsp3) is 0.333. The highest BCUT2D eigenvalue weighted by Crippen LogP contribution is 2.33. The molecule has 2 fully saturated rings. The summed E-state index contributed by atoms with van der Waals surface area (Å²) >= 11 is 0. The highest BCUT2D eigenvalue weighted by atomic mass is 32.2. The van der Waals surface area contributed by atoms with Crippen molar-refractivity contribution in [2.75, 3.05) is 50.1 Å². The van der Waals surface area contributed by atoms with Crippen LogP contribution < -0.4 is 9.80 Å². The van der Waals surface area contributed by atoms with Crippen LogP contribution in [0.25, 0.3) is 22.1 Å². The van der Waals surface area contributed by atoms with Gasteiger partial charge in [-0.25, -0.2) is 44.7 Å². The SMILES string of the molecule is Cc1ccc(S(=O)(=O)n2ccc3c(N(C)[C@@H]4CN(Cc5ccccc5)CC[C@H]4C)ncnc32)cc1.Cc1ccc(S(=O)(=O)n2ccc3c(N(C)[C@H]4CN(Cc5ccccc5)CC[C@@H]4C)ncnc32)cc1. The molecule has 364 valence electrons. The number of anilines is 2. The molecule has 0 bridgehead atoms. The number of fused-ring (bicyclic) bond motifs is 2. The molecule has 2 aliphatic heterocycles. The Morgan fingerprint density at radius 3 is 1.26 bits per heavy atom. The second kappa shape index (κ2) is 20.5. The zero-order chi connectivity index (χ0) is 49.2. The summed E-state index contributed by atoms with van der Waals surface area (Å²) in [5.41, 5.74) is 5.43. The summed E-state index contributed by atoms with van der Waals surface area (Å²) in [6.07, 6.45) is 8.28. The fourth-order valence-electron chi connectivity index (χ4n) is 9.95. The average Bonchev–Trinajstić information content (AvgIpc) is 4.03. The number of nitrogens with zero attached hydrogens (tertiary/aromatic N) is 10. The molecule has 0 unspecified atom stereocenters. The van der Waals surface area contributed by atoms with Crippen molar-refractivity contribution in [1.82, 2.24) is 37.7 Å². The van der Waals surface area contributed by atoms with E-state index in [0.29, 0.717) is 23.1 Å². The van der Waals surface area contributed by atoms with E-state index in [1.165, 1.54) is 31.7 Å². The third-order valence-electron chi connectivity index (χ3n) is 14.2. The van der Waals surface area contributed by atoms with Gasteiger partial charge in [-0.1, -0.05) is 110 Å². The summed E-state index contributed by atoms with van der Waals surface area (Å²) in [6, 6.07) is 39.0. The van der Waals surface area contributed by atoms with Gasteiger partial charge in [-0.2, -0.15) is 0 Å². The van der Waals surface area contributed by atoms with Gasteiger partial charge in [-0.15, -0.1) is 0 Å². The van der Waals surface area contributed by atoms with Crippen LogP contribution in [0.4, 0.5) is 11.6 Å². The van der Waals surface area contributed by atoms with Gasteiger partial charge in [0.15, 0.2) is 11.3 Å². The minimum absolute atomic E-state index is 0.242. The van der Waals surface area contributed by atoms with Crippen LogP contribution in [-0.2, 0) is 33.1 Å². The van der Waals surface area contributed by atoms with Crippen molar-refractivity contribution in [3.05, 3.63) is 169 Å². The molecule has 16 heteroatoms. The molecule has 0 radical (unpaired) electrons. The highest BCUT2D eigenvalue weighted by molar-refractivity contribution is 7.90. The molecule has 4 aromatic heterocycles. The van der Waals surface area contributed by atoms with Gasteiger partial charge >= 0.3 is 0 Å². The summed E-state index contributed by atoms with van der Waals surface area (Å²) in [7, 11) is -3.41. The lowest BCUT2D eigenvalue weighted by Crippen LogP contribution is -2.50. The van der Waals surface area contributed by atoms with E-state index in [1.54, 1.807) is 60.9 Å². The molecule has 2 aliphatic rings. The van der Waals surface area contributed by atoms with E-state index in [4.69, 9.17) is 0 Å². The van der Waals surface area contributed by atoms with E-state index >= 15 is 0 Å². The maximum Gasteiger partial charge on any atom is 0.269 e. The summed E-state index contributed by atoms with van der Waals surface area (Å²) < 4.78 is 55.9. The van der Waals surface area contributed by atoms with Gasteiger partial charge in [0, 0.05) is 64.8 Å². The van der Waals surface area contributed by atoms with E-state index in [1.807, 2.05) is 38.1 Å². The Morgan fingerprint density at radius 2 is 0.886 bits per heavy atom. The third-order valence-corrected chi connectivity index (χ3v) is 17.5. The number of likely N-dealkylation sites (N-methyl/N-ethyl adjacent to an activating group) is 2. The molecule has 6 heterocycles. The van der Waals surface area contributed by atoms with Crippen LogP contribution in [0, 0.1) is 25.7 Å². The molecule has 8 aromatic rings. The van der Waals surface area contributed by atoms with E-state index < -0.39 is 20.0 Å². The predicted octanol–water partition coefficient (Wildman–Crippen LogP) is 8.65. The summed E-state index contributed by atoms with van der Waals surface area (Å²) in [4.78, 5) is 27.8. The van der Waals surface area contributed by atoms with Gasteiger partial charge in [-0.05, 0) is 99.1 Å². The predicted molar refractivity (Wildman–Crippen MR) is 278 cm³/mol. The molecular formula is C54H62N10O4S2. The Bertz CT molecular complexity index is 3060. The number of aryl methyl sites for hydroxylation is 2. The van der Waals surface area contributed by atoms with Crippen LogP contribution in [0.15, 0.2) is 156 Å². The molecular weight excluding hydrogens is 917 g/mol. The largest absolute Gasteiger partial charge is 0.354 e. The zero-order valence-electron chi connectivity index (χ0n) is 40.7. The first kappa shape index (κ1) is 48.6. The van der Waals surface area contributed by atoms with Gasteiger partial charge in [0.05, 0.1) is 20.6 Å². The highest BCUT2D eigenvalue weighted by Gasteiger charge is 2.33. The summed E-state index contributed by atoms with van der Waals surface area (Å²) in [5.74, 6) is 2.48. The minimum atomic E-state index is -3.76. The van der Waals surface area contributed by atoms with Gasteiger partial charge in [0.25, 0.3) is 20.0 Å². The number of piperidine rings is 2. The van der Waals surface area contributed by atoms with Crippen molar-refractivity contribution < 1.29 is 16.8 Å². The Balaban J connectivity index is 0.000000174. The van der Waals surface area contributed by atoms with Crippen molar-refractivity contribution >= 4 is 53.7 Å². The maximum atomic E-state index is 13.4. The van der Waals surface area contributed by atoms with Crippen LogP contribution in [0.3, 0.4) is 0 Å². The molecule has 0 spiro atoms. The number of rotatable bonds is 12. The number of benzene rings is 4. The molecule has 4 atom stereocenters. The van der Waals surface area contributed by atoms with Crippen molar-refractivity contribution in [2.24, 2.45) is 11.8 Å². The normalized spacial score (nSPS) is 19.2. The van der Waals surface area contributed by atoms with Crippen LogP contribution in [0.2, 0.25) is 0 Å². The fourth-order valence-corrected chi connectivity index (χ4v) is 12.6. The molecule has 0 amide bonds. The third kappa shape index (κ3) is 10.1. The van der Waals surface area contributed by atoms with E-state index in [0.717, 1.165) is 85.6 Å². The average molecular weight is 979 g/mol. The zero-order valence-corrected chi connectivity index (χ0v) is 42.4. The molecule has 4 aromatic carbocycles. The number of likely N-dealkylation sites (tertiary alicyclic amines) is 2. The number of hydrogen-bond donors (Lipinski definition) is 0. The monoisotopic (exact) mass is 978 g/mol. The van der Waals surface area contributed by atoms with Gasteiger partial charge in [0.1, 0.15) is 24.3 Å². The topological polar surface area (TPSA) is 143 Å². The van der Waals surface area contributed by atoms with Crippen LogP contribution in [0.1, 0.15) is 48.9 Å². The van der Waals surface area contributed by atoms with E-state index in [-0.39, 0.29) is 21.9 Å². The van der Waals surface area contributed by atoms with Gasteiger partial charge < -0.3 is 9.80 Å². The summed E-state index contributed by atoms with van der Waals surface area (Å²) in [5, 5.41) is 1.47. The summed E-state index contributed by atoms with van der Waals surface area (Å²) in [6.45, 7) is 14.2. The van der Waals surface area contributed by atoms with Crippen molar-refractivity contribution in [1.29, 1.82) is 0 Å². The number of hydrogen-bond acceptors (Lipinski definition) is 12. The van der Waals surface area contributed by atoms with Crippen LogP contribution >= 0.6 is 0 Å². The van der Waals surface area contributed by atoms with Gasteiger partial charge in [-0.3, -0.25) is 9.80 Å². The lowest BCUT2D eigenvalue weighted by molar-refractivity contribution is 0.159. The first-order valence-corrected chi connectivity index (χ1v) is 26.8. The maximum absolute atomic E-state index is 13.4. The lowest BCUT2D eigenvalue weighted by atomic mass is 9.92. The first-order valence-electron chi connectivity index (χ1n) is 24.0. The van der Waals surface area contributed by atoms with E-state index in [2.05, 4.69) is 116 Å². The Kier molecular flexibility index (Phi) is 14.2. The van der Waals surface area contributed by atoms with Crippen LogP contribution in [-0.4, -0.2) is 107 Å². The quantitative estimate of drug-likeness (QED) is 0.116. The molecule has 0 N–H and O–H groups in total. The first-order chi connectivity index (χ1) is 33.7. The Morgan fingerprint density at radius 1 is 0.514 bits per heavy atom. The number of aromatic nitrogens is 6. The Hall–Kier alpha value is -6.46. The minimum Gasteiger partial charge on any atom is -0.354 e. The van der Waals surface area contributed by atoms with Gasteiger partial charge in [0.2, 0.25) is 0 Å². The molecule has 70 heavy (non-hydrogen) atoms. The molecule has 0 aliphatic carbocycles. The van der Waals surface area contributed by atoms with Crippen LogP contribution in [0.5, 0.6) is 0 Å². The molecule has 14 nitrogen and oxygen atoms in total. The molecule has 0 saturated carbocycles. The van der Waals surface area contributed by atoms with E-state index in [9.17, 15) is 16.8 Å². The standard InChI is InChI=1S/2C27H31N5O2S/c2*1-20-9-11-23(12-10-20)35(33,34)32-16-14-24-26(28-19-29-27(24)32)30(3)25-18-31(15-13-21(25)2)17-22-7-5-4-6-8-22/h2*4-12,14,16,19,21,25H,13,15,17-18H2,1-3H3/t2*21-,25-/m10/s1. The molecule has 10 rings (SSSR count). The second-order valence-electron chi connectivity index (χ2n) is 19.1. The second-order valence-corrected chi connectivity index (χ2v) is 22.7. The smallest absolute Gasteiger partial charge is 0.269 e. The van der Waals surface area contributed by atoms with Crippen molar-refractivity contribution in [2.45, 2.75) is 75.5 Å². The lowest BCUT2D eigenvalue weighted by Gasteiger charge is -2.42. The van der Waals surface area contributed by atoms with Crippen molar-refractivity contribution in [3.8, 4) is 0 Å². The van der Waals surface area contributed by atoms with Crippen molar-refractivity contribution in [3.63, 3.8) is 0 Å². The molecule has 2 saturated heterocycles. The Labute approximate surface area is 412 Å².